The largest absolute Gasteiger partial charge is 0.352 e. The van der Waals surface area contributed by atoms with Crippen molar-refractivity contribution >= 4 is 28.6 Å². The van der Waals surface area contributed by atoms with Gasteiger partial charge in [-0.3, -0.25) is 4.79 Å². The molecule has 0 radical (unpaired) electrons. The summed E-state index contributed by atoms with van der Waals surface area (Å²) in [5.74, 6) is -0.680. The minimum Gasteiger partial charge on any atom is -0.352 e. The zero-order chi connectivity index (χ0) is 15.4. The Morgan fingerprint density at radius 2 is 2.14 bits per heavy atom. The lowest BCUT2D eigenvalue weighted by molar-refractivity contribution is 0.0953. The van der Waals surface area contributed by atoms with Gasteiger partial charge in [0.2, 0.25) is 0 Å². The summed E-state index contributed by atoms with van der Waals surface area (Å²) in [7, 11) is 0. The van der Waals surface area contributed by atoms with Gasteiger partial charge in [-0.05, 0) is 29.6 Å². The monoisotopic (exact) mass is 332 g/mol. The van der Waals surface area contributed by atoms with E-state index >= 15 is 0 Å². The van der Waals surface area contributed by atoms with E-state index in [1.807, 2.05) is 22.9 Å². The Morgan fingerprint density at radius 1 is 1.23 bits per heavy atom. The summed E-state index contributed by atoms with van der Waals surface area (Å²) < 4.78 is 13.1. The number of rotatable bonds is 5. The van der Waals surface area contributed by atoms with Gasteiger partial charge in [-0.15, -0.1) is 22.7 Å². The van der Waals surface area contributed by atoms with Crippen LogP contribution in [0.2, 0.25) is 0 Å². The van der Waals surface area contributed by atoms with Gasteiger partial charge < -0.3 is 5.32 Å². The number of carbonyl (C=O) groups is 1. The molecule has 3 aromatic rings. The van der Waals surface area contributed by atoms with Gasteiger partial charge in [0.15, 0.2) is 0 Å². The van der Waals surface area contributed by atoms with Crippen molar-refractivity contribution in [3.05, 3.63) is 64.2 Å². The lowest BCUT2D eigenvalue weighted by Gasteiger charge is -2.04. The zero-order valence-electron chi connectivity index (χ0n) is 11.6. The second kappa shape index (κ2) is 6.81. The number of nitrogens with one attached hydrogen (secondary N) is 1. The minimum absolute atomic E-state index is 0.270. The van der Waals surface area contributed by atoms with E-state index in [2.05, 4.69) is 10.3 Å². The third-order valence-electron chi connectivity index (χ3n) is 3.04. The Labute approximate surface area is 135 Å². The van der Waals surface area contributed by atoms with E-state index in [0.717, 1.165) is 15.6 Å². The van der Waals surface area contributed by atoms with Gasteiger partial charge in [0.25, 0.3) is 5.91 Å². The number of hydrogen-bond donors (Lipinski definition) is 1. The number of aromatic nitrogens is 1. The van der Waals surface area contributed by atoms with E-state index in [1.165, 1.54) is 18.2 Å². The average molecular weight is 332 g/mol. The highest BCUT2D eigenvalue weighted by Gasteiger charge is 2.08. The van der Waals surface area contributed by atoms with Gasteiger partial charge in [-0.1, -0.05) is 12.1 Å². The van der Waals surface area contributed by atoms with Crippen LogP contribution in [0.25, 0.3) is 9.88 Å². The van der Waals surface area contributed by atoms with Crippen molar-refractivity contribution in [2.75, 3.05) is 6.54 Å². The molecule has 3 rings (SSSR count). The van der Waals surface area contributed by atoms with Crippen LogP contribution >= 0.6 is 22.7 Å². The molecule has 0 bridgehead atoms. The number of carbonyl (C=O) groups excluding carboxylic acids is 1. The molecule has 3 nitrogen and oxygen atoms in total. The summed E-state index contributed by atoms with van der Waals surface area (Å²) >= 11 is 3.26. The first-order valence-electron chi connectivity index (χ1n) is 6.74. The Morgan fingerprint density at radius 3 is 2.91 bits per heavy atom. The number of halogens is 1. The van der Waals surface area contributed by atoms with Crippen LogP contribution in [0.3, 0.4) is 0 Å². The molecule has 6 heteroatoms. The molecule has 0 aliphatic carbocycles. The minimum atomic E-state index is -0.409. The van der Waals surface area contributed by atoms with E-state index in [1.54, 1.807) is 28.7 Å². The van der Waals surface area contributed by atoms with Crippen LogP contribution in [0, 0.1) is 5.82 Å². The lowest BCUT2D eigenvalue weighted by Crippen LogP contribution is -2.25. The molecule has 112 valence electrons. The van der Waals surface area contributed by atoms with E-state index in [0.29, 0.717) is 18.5 Å². The van der Waals surface area contributed by atoms with Crippen molar-refractivity contribution in [3.63, 3.8) is 0 Å². The topological polar surface area (TPSA) is 42.0 Å². The number of thiophene rings is 1. The normalized spacial score (nSPS) is 10.6. The zero-order valence-corrected chi connectivity index (χ0v) is 13.2. The molecule has 1 aromatic carbocycles. The second-order valence-electron chi connectivity index (χ2n) is 4.64. The first-order valence-corrected chi connectivity index (χ1v) is 8.50. The highest BCUT2D eigenvalue weighted by Crippen LogP contribution is 2.27. The molecular weight excluding hydrogens is 319 g/mol. The van der Waals surface area contributed by atoms with E-state index in [9.17, 15) is 9.18 Å². The van der Waals surface area contributed by atoms with E-state index in [-0.39, 0.29) is 5.91 Å². The van der Waals surface area contributed by atoms with Crippen LogP contribution in [-0.2, 0) is 6.42 Å². The Bertz CT molecular complexity index is 768. The third kappa shape index (κ3) is 3.58. The number of nitrogens with zero attached hydrogens (tertiary/aromatic N) is 1. The average Bonchev–Trinajstić information content (AvgIpc) is 3.18. The lowest BCUT2D eigenvalue weighted by atomic mass is 10.2. The fourth-order valence-corrected chi connectivity index (χ4v) is 3.64. The Hall–Kier alpha value is -2.05. The first kappa shape index (κ1) is 14.9. The molecule has 0 aliphatic heterocycles. The van der Waals surface area contributed by atoms with Gasteiger partial charge in [-0.2, -0.15) is 0 Å². The number of thiazole rings is 1. The molecule has 0 unspecified atom stereocenters. The van der Waals surface area contributed by atoms with Gasteiger partial charge in [-0.25, -0.2) is 9.37 Å². The predicted octanol–water partition coefficient (Wildman–Crippen LogP) is 3.98. The second-order valence-corrected chi connectivity index (χ2v) is 6.44. The molecule has 0 saturated heterocycles. The summed E-state index contributed by atoms with van der Waals surface area (Å²) in [5.41, 5.74) is 1.28. The van der Waals surface area contributed by atoms with Gasteiger partial charge in [0, 0.05) is 23.9 Å². The summed E-state index contributed by atoms with van der Waals surface area (Å²) in [6.45, 7) is 0.475. The van der Waals surface area contributed by atoms with Crippen LogP contribution < -0.4 is 5.32 Å². The summed E-state index contributed by atoms with van der Waals surface area (Å²) in [4.78, 5) is 17.6. The van der Waals surface area contributed by atoms with Crippen molar-refractivity contribution in [2.24, 2.45) is 0 Å². The maximum absolute atomic E-state index is 13.1. The van der Waals surface area contributed by atoms with Crippen molar-refractivity contribution in [3.8, 4) is 9.88 Å². The fraction of sp³-hybridized carbons (Fsp3) is 0.125. The number of hydrogen-bond acceptors (Lipinski definition) is 4. The van der Waals surface area contributed by atoms with Crippen molar-refractivity contribution in [1.29, 1.82) is 0 Å². The standard InChI is InChI=1S/C16H13FN2OS2/c17-12-4-1-3-11(9-12)15(20)18-7-6-13-10-22-16(19-13)14-5-2-8-21-14/h1-5,8-10H,6-7H2,(H,18,20). The molecule has 0 aliphatic rings. The third-order valence-corrected chi connectivity index (χ3v) is 4.97. The maximum atomic E-state index is 13.1. The molecule has 0 atom stereocenters. The quantitative estimate of drug-likeness (QED) is 0.768. The highest BCUT2D eigenvalue weighted by atomic mass is 32.1. The van der Waals surface area contributed by atoms with Gasteiger partial charge >= 0.3 is 0 Å². The molecule has 0 spiro atoms. The molecule has 1 amide bonds. The van der Waals surface area contributed by atoms with Crippen molar-refractivity contribution < 1.29 is 9.18 Å². The Balaban J connectivity index is 1.54. The van der Waals surface area contributed by atoms with Crippen LogP contribution in [0.1, 0.15) is 16.1 Å². The van der Waals surface area contributed by atoms with E-state index in [4.69, 9.17) is 0 Å². The number of amides is 1. The summed E-state index contributed by atoms with van der Waals surface area (Å²) in [6, 6.07) is 9.71. The van der Waals surface area contributed by atoms with Crippen LogP contribution in [0.5, 0.6) is 0 Å². The van der Waals surface area contributed by atoms with E-state index < -0.39 is 5.82 Å². The van der Waals surface area contributed by atoms with Crippen LogP contribution in [0.15, 0.2) is 47.2 Å². The molecule has 2 aromatic heterocycles. The van der Waals surface area contributed by atoms with Gasteiger partial charge in [0.05, 0.1) is 10.6 Å². The summed E-state index contributed by atoms with van der Waals surface area (Å²) in [5, 5.41) is 7.81. The SMILES string of the molecule is O=C(NCCc1csc(-c2cccs2)n1)c1cccc(F)c1. The predicted molar refractivity (Wildman–Crippen MR) is 87.9 cm³/mol. The smallest absolute Gasteiger partial charge is 0.251 e. The molecule has 0 fully saturated rings. The Kier molecular flexibility index (Phi) is 4.60. The van der Waals surface area contributed by atoms with Crippen LogP contribution in [0.4, 0.5) is 4.39 Å². The summed E-state index contributed by atoms with van der Waals surface area (Å²) in [6.07, 6.45) is 0.656. The van der Waals surface area contributed by atoms with Crippen molar-refractivity contribution in [1.82, 2.24) is 10.3 Å². The van der Waals surface area contributed by atoms with Crippen LogP contribution in [-0.4, -0.2) is 17.4 Å². The molecular formula is C16H13FN2OS2. The number of benzene rings is 1. The fourth-order valence-electron chi connectivity index (χ4n) is 1.97. The first-order chi connectivity index (χ1) is 10.7. The molecule has 22 heavy (non-hydrogen) atoms. The molecule has 1 N–H and O–H groups in total. The van der Waals surface area contributed by atoms with Crippen molar-refractivity contribution in [2.45, 2.75) is 6.42 Å². The highest BCUT2D eigenvalue weighted by molar-refractivity contribution is 7.20. The molecule has 2 heterocycles. The maximum Gasteiger partial charge on any atom is 0.251 e. The molecule has 0 saturated carbocycles. The van der Waals surface area contributed by atoms with Gasteiger partial charge in [0.1, 0.15) is 10.8 Å².